The van der Waals surface area contributed by atoms with Crippen molar-refractivity contribution < 1.29 is 17.9 Å². The molecule has 6 heteroatoms. The molecule has 0 saturated heterocycles. The van der Waals surface area contributed by atoms with Crippen LogP contribution in [0.2, 0.25) is 0 Å². The average molecular weight is 319 g/mol. The number of carbonyl (C=O) groups excluding carboxylic acids is 1. The van der Waals surface area contributed by atoms with Gasteiger partial charge in [-0.2, -0.15) is 0 Å². The Morgan fingerprint density at radius 1 is 1.09 bits per heavy atom. The van der Waals surface area contributed by atoms with Gasteiger partial charge in [0.25, 0.3) is 10.0 Å². The first-order valence-electron chi connectivity index (χ1n) is 6.62. The number of methoxy groups -OCH3 is 1. The second-order valence-electron chi connectivity index (χ2n) is 4.89. The van der Waals surface area contributed by atoms with Crippen molar-refractivity contribution in [3.05, 3.63) is 53.6 Å². The molecule has 0 radical (unpaired) electrons. The predicted molar refractivity (Wildman–Crippen MR) is 85.0 cm³/mol. The van der Waals surface area contributed by atoms with E-state index in [9.17, 15) is 13.2 Å². The molecular formula is C16H17NO4S. The maximum Gasteiger partial charge on any atom is 0.262 e. The molecule has 0 saturated carbocycles. The molecule has 0 aromatic heterocycles. The Labute approximate surface area is 130 Å². The zero-order valence-electron chi connectivity index (χ0n) is 12.6. The smallest absolute Gasteiger partial charge is 0.262 e. The van der Waals surface area contributed by atoms with Crippen molar-refractivity contribution in [2.45, 2.75) is 18.7 Å². The standard InChI is InChI=1S/C16H17NO4S/c1-11-4-7-14(8-5-11)22(19,20)17-15-10-13(12(2)18)6-9-16(15)21-3/h4-10,17H,1-3H3. The maximum atomic E-state index is 12.4. The van der Waals surface area contributed by atoms with Crippen molar-refractivity contribution in [2.75, 3.05) is 11.8 Å². The van der Waals surface area contributed by atoms with E-state index < -0.39 is 10.0 Å². The normalized spacial score (nSPS) is 11.0. The Kier molecular flexibility index (Phi) is 4.51. The van der Waals surface area contributed by atoms with E-state index >= 15 is 0 Å². The van der Waals surface area contributed by atoms with Crippen LogP contribution in [-0.2, 0) is 10.0 Å². The van der Waals surface area contributed by atoms with Gasteiger partial charge in [-0.15, -0.1) is 0 Å². The number of sulfonamides is 1. The molecule has 0 spiro atoms. The molecule has 116 valence electrons. The van der Waals surface area contributed by atoms with Gasteiger partial charge in [-0.3, -0.25) is 9.52 Å². The first kappa shape index (κ1) is 16.0. The van der Waals surface area contributed by atoms with E-state index in [1.807, 2.05) is 6.92 Å². The molecular weight excluding hydrogens is 302 g/mol. The SMILES string of the molecule is COc1ccc(C(C)=O)cc1NS(=O)(=O)c1ccc(C)cc1. The summed E-state index contributed by atoms with van der Waals surface area (Å²) in [5.74, 6) is 0.194. The number of Topliss-reactive ketones (excluding diaryl/α,β-unsaturated/α-hetero) is 1. The molecule has 5 nitrogen and oxygen atoms in total. The second kappa shape index (κ2) is 6.19. The van der Waals surface area contributed by atoms with Crippen LogP contribution < -0.4 is 9.46 Å². The lowest BCUT2D eigenvalue weighted by Crippen LogP contribution is -2.14. The number of rotatable bonds is 5. The Hall–Kier alpha value is -2.34. The summed E-state index contributed by atoms with van der Waals surface area (Å²) >= 11 is 0. The third-order valence-electron chi connectivity index (χ3n) is 3.18. The van der Waals surface area contributed by atoms with Crippen LogP contribution in [-0.4, -0.2) is 21.3 Å². The molecule has 0 unspecified atom stereocenters. The van der Waals surface area contributed by atoms with E-state index in [4.69, 9.17) is 4.74 Å². The number of aryl methyl sites for hydroxylation is 1. The lowest BCUT2D eigenvalue weighted by Gasteiger charge is -2.13. The quantitative estimate of drug-likeness (QED) is 0.860. The van der Waals surface area contributed by atoms with Crippen LogP contribution in [0.4, 0.5) is 5.69 Å². The molecule has 0 fully saturated rings. The minimum Gasteiger partial charge on any atom is -0.495 e. The van der Waals surface area contributed by atoms with E-state index in [1.165, 1.54) is 32.2 Å². The number of hydrogen-bond donors (Lipinski definition) is 1. The lowest BCUT2D eigenvalue weighted by molar-refractivity contribution is 0.101. The highest BCUT2D eigenvalue weighted by Crippen LogP contribution is 2.28. The van der Waals surface area contributed by atoms with Crippen LogP contribution >= 0.6 is 0 Å². The average Bonchev–Trinajstić information content (AvgIpc) is 2.47. The molecule has 2 aromatic carbocycles. The summed E-state index contributed by atoms with van der Waals surface area (Å²) in [6, 6.07) is 11.1. The second-order valence-corrected chi connectivity index (χ2v) is 6.57. The van der Waals surface area contributed by atoms with Crippen LogP contribution in [0.5, 0.6) is 5.75 Å². The molecule has 0 aliphatic carbocycles. The molecule has 2 rings (SSSR count). The van der Waals surface area contributed by atoms with E-state index in [-0.39, 0.29) is 16.4 Å². The lowest BCUT2D eigenvalue weighted by atomic mass is 10.1. The van der Waals surface area contributed by atoms with Crippen LogP contribution in [0.1, 0.15) is 22.8 Å². The molecule has 0 aliphatic heterocycles. The number of ketones is 1. The van der Waals surface area contributed by atoms with Crippen molar-refractivity contribution in [3.8, 4) is 5.75 Å². The summed E-state index contributed by atoms with van der Waals surface area (Å²) in [5, 5.41) is 0. The Morgan fingerprint density at radius 2 is 1.73 bits per heavy atom. The van der Waals surface area contributed by atoms with Crippen molar-refractivity contribution >= 4 is 21.5 Å². The molecule has 0 aliphatic rings. The molecule has 2 aromatic rings. The summed E-state index contributed by atoms with van der Waals surface area (Å²) in [5.41, 5.74) is 1.60. The molecule has 22 heavy (non-hydrogen) atoms. The van der Waals surface area contributed by atoms with Crippen LogP contribution in [0.15, 0.2) is 47.4 Å². The Bertz CT molecular complexity index is 795. The Balaban J connectivity index is 2.42. The fourth-order valence-electron chi connectivity index (χ4n) is 1.93. The van der Waals surface area contributed by atoms with Gasteiger partial charge < -0.3 is 4.74 Å². The summed E-state index contributed by atoms with van der Waals surface area (Å²) in [4.78, 5) is 11.6. The number of ether oxygens (including phenoxy) is 1. The molecule has 0 amide bonds. The number of anilines is 1. The van der Waals surface area contributed by atoms with Crippen molar-refractivity contribution in [1.82, 2.24) is 0 Å². The van der Waals surface area contributed by atoms with Crippen LogP contribution in [0.3, 0.4) is 0 Å². The topological polar surface area (TPSA) is 72.5 Å². The highest BCUT2D eigenvalue weighted by atomic mass is 32.2. The van der Waals surface area contributed by atoms with E-state index in [2.05, 4.69) is 4.72 Å². The van der Waals surface area contributed by atoms with E-state index in [0.717, 1.165) is 5.56 Å². The third kappa shape index (κ3) is 3.46. The van der Waals surface area contributed by atoms with Crippen molar-refractivity contribution in [1.29, 1.82) is 0 Å². The molecule has 1 N–H and O–H groups in total. The summed E-state index contributed by atoms with van der Waals surface area (Å²) in [6.07, 6.45) is 0. The van der Waals surface area contributed by atoms with Gasteiger partial charge in [0.15, 0.2) is 5.78 Å². The predicted octanol–water partition coefficient (Wildman–Crippen LogP) is 3.01. The zero-order chi connectivity index (χ0) is 16.3. The van der Waals surface area contributed by atoms with Gasteiger partial charge in [0.1, 0.15) is 5.75 Å². The minimum absolute atomic E-state index is 0.147. The highest BCUT2D eigenvalue weighted by molar-refractivity contribution is 7.92. The van der Waals surface area contributed by atoms with E-state index in [0.29, 0.717) is 11.3 Å². The number of carbonyl (C=O) groups is 1. The van der Waals surface area contributed by atoms with Crippen molar-refractivity contribution in [3.63, 3.8) is 0 Å². The van der Waals surface area contributed by atoms with Gasteiger partial charge in [-0.05, 0) is 44.2 Å². The van der Waals surface area contributed by atoms with E-state index in [1.54, 1.807) is 24.3 Å². The monoisotopic (exact) mass is 319 g/mol. The zero-order valence-corrected chi connectivity index (χ0v) is 13.4. The van der Waals surface area contributed by atoms with Crippen LogP contribution in [0.25, 0.3) is 0 Å². The van der Waals surface area contributed by atoms with Gasteiger partial charge in [-0.1, -0.05) is 17.7 Å². The largest absolute Gasteiger partial charge is 0.495 e. The summed E-state index contributed by atoms with van der Waals surface area (Å²) < 4.78 is 32.4. The first-order chi connectivity index (χ1) is 10.3. The number of hydrogen-bond acceptors (Lipinski definition) is 4. The van der Waals surface area contributed by atoms with Crippen molar-refractivity contribution in [2.24, 2.45) is 0 Å². The van der Waals surface area contributed by atoms with Gasteiger partial charge in [0, 0.05) is 5.56 Å². The minimum atomic E-state index is -3.75. The van der Waals surface area contributed by atoms with Gasteiger partial charge in [0.2, 0.25) is 0 Å². The fraction of sp³-hybridized carbons (Fsp3) is 0.188. The van der Waals surface area contributed by atoms with Gasteiger partial charge >= 0.3 is 0 Å². The van der Waals surface area contributed by atoms with Gasteiger partial charge in [0.05, 0.1) is 17.7 Å². The molecule has 0 heterocycles. The highest BCUT2D eigenvalue weighted by Gasteiger charge is 2.17. The summed E-state index contributed by atoms with van der Waals surface area (Å²) in [7, 11) is -2.31. The van der Waals surface area contributed by atoms with Gasteiger partial charge in [-0.25, -0.2) is 8.42 Å². The molecule has 0 bridgehead atoms. The third-order valence-corrected chi connectivity index (χ3v) is 4.56. The molecule has 0 atom stereocenters. The first-order valence-corrected chi connectivity index (χ1v) is 8.10. The fourth-order valence-corrected chi connectivity index (χ4v) is 2.99. The van der Waals surface area contributed by atoms with Crippen LogP contribution in [0, 0.1) is 6.92 Å². The Morgan fingerprint density at radius 3 is 2.27 bits per heavy atom. The maximum absolute atomic E-state index is 12.4. The summed E-state index contributed by atoms with van der Waals surface area (Å²) in [6.45, 7) is 3.29. The number of benzene rings is 2. The number of nitrogens with one attached hydrogen (secondary N) is 1.